The number of H-pyrrole nitrogens is 1. The van der Waals surface area contributed by atoms with Crippen LogP contribution in [0.5, 0.6) is 5.75 Å². The molecule has 0 fully saturated rings. The third-order valence-electron chi connectivity index (χ3n) is 3.16. The smallest absolute Gasteiger partial charge is 0.290 e. The Kier molecular flexibility index (Phi) is 5.68. The Morgan fingerprint density at radius 3 is 2.62 bits per heavy atom. The topological polar surface area (TPSA) is 158 Å². The zero-order chi connectivity index (χ0) is 19.5. The summed E-state index contributed by atoms with van der Waals surface area (Å²) in [6.07, 6.45) is 2.27. The van der Waals surface area contributed by atoms with E-state index >= 15 is 0 Å². The van der Waals surface area contributed by atoms with E-state index in [9.17, 15) is 18.0 Å². The maximum absolute atomic E-state index is 12.0. The molecular weight excluding hydrogens is 384 g/mol. The van der Waals surface area contributed by atoms with Crippen LogP contribution in [0.4, 0.5) is 0 Å². The number of hydrogen-bond acceptors (Lipinski definition) is 5. The molecule has 1 heterocycles. The molecule has 0 spiro atoms. The second kappa shape index (κ2) is 7.58. The average Bonchev–Trinajstić information content (AvgIpc) is 2.54. The van der Waals surface area contributed by atoms with Gasteiger partial charge in [-0.2, -0.15) is 4.99 Å². The summed E-state index contributed by atoms with van der Waals surface area (Å²) in [7, 11) is -3.70. The van der Waals surface area contributed by atoms with Gasteiger partial charge in [-0.3, -0.25) is 9.59 Å². The molecule has 11 heteroatoms. The minimum absolute atomic E-state index is 0.0109. The second-order valence-electron chi connectivity index (χ2n) is 5.24. The highest BCUT2D eigenvalue weighted by Gasteiger charge is 2.18. The molecule has 0 saturated heterocycles. The molecule has 1 amide bonds. The monoisotopic (exact) mass is 398 g/mol. The van der Waals surface area contributed by atoms with Gasteiger partial charge in [-0.25, -0.2) is 8.42 Å². The number of carbonyl (C=O) groups excluding carboxylic acids is 1. The van der Waals surface area contributed by atoms with Gasteiger partial charge in [-0.05, 0) is 12.1 Å². The van der Waals surface area contributed by atoms with Crippen LogP contribution in [0.25, 0.3) is 0 Å². The molecule has 26 heavy (non-hydrogen) atoms. The Balaban J connectivity index is 2.39. The first-order valence-electron chi connectivity index (χ1n) is 7.06. The van der Waals surface area contributed by atoms with Crippen LogP contribution < -0.4 is 21.8 Å². The maximum Gasteiger partial charge on any atom is 0.290 e. The van der Waals surface area contributed by atoms with Crippen LogP contribution in [0.15, 0.2) is 45.1 Å². The third kappa shape index (κ3) is 4.83. The van der Waals surface area contributed by atoms with Crippen LogP contribution in [0, 0.1) is 0 Å². The zero-order valence-corrected chi connectivity index (χ0v) is 15.1. The van der Waals surface area contributed by atoms with E-state index in [0.29, 0.717) is 0 Å². The first kappa shape index (κ1) is 19.5. The van der Waals surface area contributed by atoms with Crippen molar-refractivity contribution in [3.63, 3.8) is 0 Å². The molecule has 1 aromatic carbocycles. The average molecular weight is 399 g/mol. The van der Waals surface area contributed by atoms with Gasteiger partial charge >= 0.3 is 0 Å². The van der Waals surface area contributed by atoms with E-state index in [0.717, 1.165) is 12.3 Å². The number of benzene rings is 1. The van der Waals surface area contributed by atoms with Crippen molar-refractivity contribution < 1.29 is 17.9 Å². The number of amides is 1. The van der Waals surface area contributed by atoms with Gasteiger partial charge in [0.1, 0.15) is 6.61 Å². The Bertz CT molecular complexity index is 1040. The number of ether oxygens (including phenoxy) is 1. The number of aliphatic imine (C=N–C) groups is 1. The Hall–Kier alpha value is -2.85. The normalized spacial score (nSPS) is 11.0. The maximum atomic E-state index is 12.0. The van der Waals surface area contributed by atoms with Gasteiger partial charge in [-0.15, -0.1) is 0 Å². The highest BCUT2D eigenvalue weighted by Crippen LogP contribution is 2.21. The fourth-order valence-corrected chi connectivity index (χ4v) is 3.13. The highest BCUT2D eigenvalue weighted by atomic mass is 35.5. The molecule has 2 aromatic rings. The summed E-state index contributed by atoms with van der Waals surface area (Å²) in [4.78, 5) is 29.1. The van der Waals surface area contributed by atoms with Gasteiger partial charge in [0.25, 0.3) is 11.5 Å². The number of aromatic amines is 1. The number of halogens is 1. The third-order valence-corrected chi connectivity index (χ3v) is 4.56. The van der Waals surface area contributed by atoms with Gasteiger partial charge < -0.3 is 21.2 Å². The molecule has 0 atom stereocenters. The van der Waals surface area contributed by atoms with E-state index < -0.39 is 27.3 Å². The number of aromatic nitrogens is 1. The molecule has 0 aliphatic carbocycles. The molecule has 9 nitrogen and oxygen atoms in total. The van der Waals surface area contributed by atoms with E-state index in [4.69, 9.17) is 27.8 Å². The van der Waals surface area contributed by atoms with E-state index in [-0.39, 0.29) is 33.4 Å². The SMILES string of the molecule is CS(=O)(=O)c1cc(C(=O)N=C(N)N)ccc1COc1cc(Cl)c[nH]c1=O. The van der Waals surface area contributed by atoms with Crippen molar-refractivity contribution in [3.05, 3.63) is 57.0 Å². The Morgan fingerprint density at radius 1 is 1.31 bits per heavy atom. The molecule has 138 valence electrons. The fraction of sp³-hybridized carbons (Fsp3) is 0.133. The summed E-state index contributed by atoms with van der Waals surface area (Å²) < 4.78 is 29.4. The van der Waals surface area contributed by atoms with Crippen LogP contribution in [-0.2, 0) is 16.4 Å². The lowest BCUT2D eigenvalue weighted by atomic mass is 10.1. The molecule has 0 aliphatic rings. The molecule has 0 aliphatic heterocycles. The van der Waals surface area contributed by atoms with E-state index in [2.05, 4.69) is 9.98 Å². The molecule has 0 unspecified atom stereocenters. The number of sulfone groups is 1. The van der Waals surface area contributed by atoms with Crippen molar-refractivity contribution in [1.82, 2.24) is 4.98 Å². The van der Waals surface area contributed by atoms with Gasteiger partial charge in [0, 0.05) is 29.6 Å². The molecule has 0 bridgehead atoms. The van der Waals surface area contributed by atoms with Crippen molar-refractivity contribution >= 4 is 33.3 Å². The minimum atomic E-state index is -3.70. The lowest BCUT2D eigenvalue weighted by molar-refractivity contribution is 0.100. The van der Waals surface area contributed by atoms with Crippen molar-refractivity contribution in [1.29, 1.82) is 0 Å². The summed E-state index contributed by atoms with van der Waals surface area (Å²) in [6, 6.07) is 5.18. The summed E-state index contributed by atoms with van der Waals surface area (Å²) in [5.74, 6) is -1.30. The van der Waals surface area contributed by atoms with Crippen molar-refractivity contribution in [3.8, 4) is 5.75 Å². The second-order valence-corrected chi connectivity index (χ2v) is 7.66. The predicted molar refractivity (Wildman–Crippen MR) is 96.1 cm³/mol. The number of pyridine rings is 1. The Labute approximate surface area is 153 Å². The molecule has 0 saturated carbocycles. The van der Waals surface area contributed by atoms with Gasteiger partial charge in [0.15, 0.2) is 21.5 Å². The summed E-state index contributed by atoms with van der Waals surface area (Å²) in [6.45, 7) is -0.234. The number of guanidine groups is 1. The first-order chi connectivity index (χ1) is 12.1. The first-order valence-corrected chi connectivity index (χ1v) is 9.33. The molecule has 5 N–H and O–H groups in total. The van der Waals surface area contributed by atoms with Gasteiger partial charge in [0.2, 0.25) is 0 Å². The molecular formula is C15H15ClN4O5S. The molecule has 2 rings (SSSR count). The van der Waals surface area contributed by atoms with Crippen molar-refractivity contribution in [2.24, 2.45) is 16.5 Å². The number of nitrogens with zero attached hydrogens (tertiary/aromatic N) is 1. The molecule has 1 aromatic heterocycles. The highest BCUT2D eigenvalue weighted by molar-refractivity contribution is 7.90. The standard InChI is InChI=1S/C15H15ClN4O5S/c1-26(23,24)12-4-8(13(21)20-15(17)18)2-3-9(12)7-25-11-5-10(16)6-19-14(11)22/h2-6H,7H2,1H3,(H,19,22)(H4,17,18,20,21). The van der Waals surface area contributed by atoms with E-state index in [1.165, 1.54) is 24.4 Å². The number of rotatable bonds is 5. The largest absolute Gasteiger partial charge is 0.483 e. The van der Waals surface area contributed by atoms with E-state index in [1.807, 2.05) is 0 Å². The predicted octanol–water partition coefficient (Wildman–Crippen LogP) is 0.424. The number of nitrogens with two attached hydrogens (primary N) is 2. The fourth-order valence-electron chi connectivity index (χ4n) is 2.03. The van der Waals surface area contributed by atoms with Gasteiger partial charge in [0.05, 0.1) is 9.92 Å². The lowest BCUT2D eigenvalue weighted by Crippen LogP contribution is -2.24. The number of nitrogens with one attached hydrogen (secondary N) is 1. The number of carbonyl (C=O) groups is 1. The van der Waals surface area contributed by atoms with Gasteiger partial charge in [-0.1, -0.05) is 17.7 Å². The zero-order valence-electron chi connectivity index (χ0n) is 13.5. The van der Waals surface area contributed by atoms with Crippen LogP contribution in [-0.4, -0.2) is 31.5 Å². The quantitative estimate of drug-likeness (QED) is 0.486. The Morgan fingerprint density at radius 2 is 2.00 bits per heavy atom. The van der Waals surface area contributed by atoms with Crippen LogP contribution in [0.2, 0.25) is 5.02 Å². The van der Waals surface area contributed by atoms with Crippen LogP contribution >= 0.6 is 11.6 Å². The van der Waals surface area contributed by atoms with Crippen molar-refractivity contribution in [2.75, 3.05) is 6.26 Å². The van der Waals surface area contributed by atoms with Crippen molar-refractivity contribution in [2.45, 2.75) is 11.5 Å². The van der Waals surface area contributed by atoms with Crippen LogP contribution in [0.3, 0.4) is 0 Å². The van der Waals surface area contributed by atoms with E-state index in [1.54, 1.807) is 0 Å². The van der Waals surface area contributed by atoms with Crippen LogP contribution in [0.1, 0.15) is 15.9 Å². The minimum Gasteiger partial charge on any atom is -0.483 e. The molecule has 0 radical (unpaired) electrons. The lowest BCUT2D eigenvalue weighted by Gasteiger charge is -2.11. The number of hydrogen-bond donors (Lipinski definition) is 3. The summed E-state index contributed by atoms with van der Waals surface area (Å²) in [5, 5.41) is 0.251. The summed E-state index contributed by atoms with van der Waals surface area (Å²) >= 11 is 5.78. The summed E-state index contributed by atoms with van der Waals surface area (Å²) in [5.41, 5.74) is 10.0.